The standard InChI is InChI=1S/C9H8N2OS/c12-6-11-5-8-3-7-4-10-2-1-9(7)13-8/h1-4,6H,5H2,(H,11,12). The molecule has 0 unspecified atom stereocenters. The lowest BCUT2D eigenvalue weighted by Crippen LogP contribution is -2.07. The number of aromatic nitrogens is 1. The van der Waals surface area contributed by atoms with Gasteiger partial charge in [0.1, 0.15) is 0 Å². The first kappa shape index (κ1) is 8.19. The second kappa shape index (κ2) is 3.53. The fourth-order valence-corrected chi connectivity index (χ4v) is 2.15. The van der Waals surface area contributed by atoms with E-state index in [0.717, 1.165) is 10.3 Å². The summed E-state index contributed by atoms with van der Waals surface area (Å²) in [5, 5.41) is 3.77. The summed E-state index contributed by atoms with van der Waals surface area (Å²) in [7, 11) is 0. The Hall–Kier alpha value is -1.42. The summed E-state index contributed by atoms with van der Waals surface area (Å²) in [6.45, 7) is 0.600. The number of nitrogens with one attached hydrogen (secondary N) is 1. The Kier molecular flexibility index (Phi) is 2.23. The smallest absolute Gasteiger partial charge is 0.207 e. The van der Waals surface area contributed by atoms with Gasteiger partial charge in [0, 0.05) is 27.4 Å². The number of hydrogen-bond donors (Lipinski definition) is 1. The molecule has 1 amide bonds. The van der Waals surface area contributed by atoms with Crippen molar-refractivity contribution in [1.82, 2.24) is 10.3 Å². The minimum atomic E-state index is 0.600. The normalized spacial score (nSPS) is 10.2. The average Bonchev–Trinajstić information content (AvgIpc) is 2.57. The molecule has 2 rings (SSSR count). The van der Waals surface area contributed by atoms with Crippen molar-refractivity contribution in [2.45, 2.75) is 6.54 Å². The summed E-state index contributed by atoms with van der Waals surface area (Å²) in [6.07, 6.45) is 4.31. The van der Waals surface area contributed by atoms with E-state index in [1.54, 1.807) is 17.5 Å². The molecule has 1 N–H and O–H groups in total. The zero-order valence-corrected chi connectivity index (χ0v) is 7.67. The van der Waals surface area contributed by atoms with Gasteiger partial charge in [-0.1, -0.05) is 0 Å². The van der Waals surface area contributed by atoms with Gasteiger partial charge < -0.3 is 5.32 Å². The molecule has 2 heterocycles. The number of rotatable bonds is 3. The van der Waals surface area contributed by atoms with E-state index in [-0.39, 0.29) is 0 Å². The highest BCUT2D eigenvalue weighted by Gasteiger charge is 1.99. The van der Waals surface area contributed by atoms with E-state index >= 15 is 0 Å². The molecule has 2 aromatic rings. The molecule has 4 heteroatoms. The first-order valence-electron chi connectivity index (χ1n) is 3.89. The predicted octanol–water partition coefficient (Wildman–Crippen LogP) is 1.54. The largest absolute Gasteiger partial charge is 0.354 e. The van der Waals surface area contributed by atoms with Crippen molar-refractivity contribution < 1.29 is 4.79 Å². The summed E-state index contributed by atoms with van der Waals surface area (Å²) >= 11 is 1.68. The highest BCUT2D eigenvalue weighted by molar-refractivity contribution is 7.19. The highest BCUT2D eigenvalue weighted by Crippen LogP contribution is 2.23. The summed E-state index contributed by atoms with van der Waals surface area (Å²) < 4.78 is 1.21. The van der Waals surface area contributed by atoms with Crippen LogP contribution in [0, 0.1) is 0 Å². The Labute approximate surface area is 79.4 Å². The maximum absolute atomic E-state index is 10.1. The van der Waals surface area contributed by atoms with Crippen LogP contribution in [0.1, 0.15) is 4.88 Å². The molecule has 0 fully saturated rings. The number of carbonyl (C=O) groups is 1. The van der Waals surface area contributed by atoms with Crippen LogP contribution in [0.2, 0.25) is 0 Å². The second-order valence-corrected chi connectivity index (χ2v) is 3.79. The fourth-order valence-electron chi connectivity index (χ4n) is 1.17. The van der Waals surface area contributed by atoms with Gasteiger partial charge in [-0.3, -0.25) is 9.78 Å². The van der Waals surface area contributed by atoms with Crippen LogP contribution >= 0.6 is 11.3 Å². The molecule has 0 saturated heterocycles. The molecule has 0 bridgehead atoms. The van der Waals surface area contributed by atoms with Gasteiger partial charge >= 0.3 is 0 Å². The summed E-state index contributed by atoms with van der Waals surface area (Å²) in [5.74, 6) is 0. The molecule has 0 saturated carbocycles. The van der Waals surface area contributed by atoms with Gasteiger partial charge in [-0.05, 0) is 12.1 Å². The zero-order valence-electron chi connectivity index (χ0n) is 6.86. The Bertz CT molecular complexity index is 391. The van der Waals surface area contributed by atoms with Crippen molar-refractivity contribution in [2.75, 3.05) is 0 Å². The SMILES string of the molecule is O=CNCc1cc2cnccc2s1. The van der Waals surface area contributed by atoms with Gasteiger partial charge in [-0.25, -0.2) is 0 Å². The number of nitrogens with zero attached hydrogens (tertiary/aromatic N) is 1. The third kappa shape index (κ3) is 1.67. The van der Waals surface area contributed by atoms with Gasteiger partial charge in [0.05, 0.1) is 6.54 Å². The topological polar surface area (TPSA) is 42.0 Å². The lowest BCUT2D eigenvalue weighted by Gasteiger charge is -1.90. The first-order chi connectivity index (χ1) is 6.40. The number of hydrogen-bond acceptors (Lipinski definition) is 3. The molecule has 0 aliphatic carbocycles. The van der Waals surface area contributed by atoms with E-state index in [4.69, 9.17) is 0 Å². The molecule has 0 aromatic carbocycles. The molecule has 0 radical (unpaired) electrons. The highest BCUT2D eigenvalue weighted by atomic mass is 32.1. The second-order valence-electron chi connectivity index (χ2n) is 2.62. The Morgan fingerprint density at radius 1 is 1.62 bits per heavy atom. The Morgan fingerprint density at radius 2 is 2.54 bits per heavy atom. The number of carbonyl (C=O) groups excluding carboxylic acids is 1. The Morgan fingerprint density at radius 3 is 3.31 bits per heavy atom. The molecular formula is C9H8N2OS. The number of thiophene rings is 1. The van der Waals surface area contributed by atoms with E-state index in [9.17, 15) is 4.79 Å². The van der Waals surface area contributed by atoms with Crippen LogP contribution in [0.15, 0.2) is 24.5 Å². The summed E-state index contributed by atoms with van der Waals surface area (Å²) in [6, 6.07) is 4.02. The number of amides is 1. The van der Waals surface area contributed by atoms with Crippen molar-refractivity contribution in [3.8, 4) is 0 Å². The van der Waals surface area contributed by atoms with Crippen molar-refractivity contribution >= 4 is 27.8 Å². The van der Waals surface area contributed by atoms with Gasteiger partial charge in [0.2, 0.25) is 6.41 Å². The zero-order chi connectivity index (χ0) is 9.10. The van der Waals surface area contributed by atoms with Crippen LogP contribution in [-0.4, -0.2) is 11.4 Å². The first-order valence-corrected chi connectivity index (χ1v) is 4.71. The van der Waals surface area contributed by atoms with Crippen LogP contribution in [0.25, 0.3) is 10.1 Å². The van der Waals surface area contributed by atoms with Gasteiger partial charge in [-0.15, -0.1) is 11.3 Å². The lowest BCUT2D eigenvalue weighted by molar-refractivity contribution is -0.109. The van der Waals surface area contributed by atoms with Crippen molar-refractivity contribution in [3.05, 3.63) is 29.4 Å². The van der Waals surface area contributed by atoms with Crippen LogP contribution in [0.4, 0.5) is 0 Å². The molecule has 0 aliphatic rings. The van der Waals surface area contributed by atoms with Gasteiger partial charge in [0.25, 0.3) is 0 Å². The van der Waals surface area contributed by atoms with Gasteiger partial charge in [-0.2, -0.15) is 0 Å². The lowest BCUT2D eigenvalue weighted by atomic mass is 10.3. The number of fused-ring (bicyclic) bond motifs is 1. The fraction of sp³-hybridized carbons (Fsp3) is 0.111. The van der Waals surface area contributed by atoms with Crippen LogP contribution in [0.5, 0.6) is 0 Å². The Balaban J connectivity index is 2.32. The van der Waals surface area contributed by atoms with E-state index in [1.807, 2.05) is 18.3 Å². The molecule has 0 aliphatic heterocycles. The van der Waals surface area contributed by atoms with Crippen LogP contribution in [-0.2, 0) is 11.3 Å². The molecule has 66 valence electrons. The molecule has 3 nitrogen and oxygen atoms in total. The van der Waals surface area contributed by atoms with E-state index in [1.165, 1.54) is 4.70 Å². The third-order valence-corrected chi connectivity index (χ3v) is 2.84. The maximum Gasteiger partial charge on any atom is 0.207 e. The summed E-state index contributed by atoms with van der Waals surface area (Å²) in [5.41, 5.74) is 0. The average molecular weight is 192 g/mol. The molecular weight excluding hydrogens is 184 g/mol. The molecule has 0 spiro atoms. The predicted molar refractivity (Wildman–Crippen MR) is 52.5 cm³/mol. The van der Waals surface area contributed by atoms with Crippen molar-refractivity contribution in [1.29, 1.82) is 0 Å². The third-order valence-electron chi connectivity index (χ3n) is 1.73. The van der Waals surface area contributed by atoms with E-state index in [0.29, 0.717) is 13.0 Å². The molecule has 13 heavy (non-hydrogen) atoms. The number of pyridine rings is 1. The van der Waals surface area contributed by atoms with Crippen molar-refractivity contribution in [2.24, 2.45) is 0 Å². The minimum Gasteiger partial charge on any atom is -0.354 e. The molecule has 2 aromatic heterocycles. The van der Waals surface area contributed by atoms with Crippen molar-refractivity contribution in [3.63, 3.8) is 0 Å². The quantitative estimate of drug-likeness (QED) is 0.749. The van der Waals surface area contributed by atoms with E-state index in [2.05, 4.69) is 10.3 Å². The summed E-state index contributed by atoms with van der Waals surface area (Å²) in [4.78, 5) is 15.2. The van der Waals surface area contributed by atoms with Gasteiger partial charge in [0.15, 0.2) is 0 Å². The monoisotopic (exact) mass is 192 g/mol. The van der Waals surface area contributed by atoms with Crippen LogP contribution in [0.3, 0.4) is 0 Å². The maximum atomic E-state index is 10.1. The minimum absolute atomic E-state index is 0.600. The van der Waals surface area contributed by atoms with E-state index < -0.39 is 0 Å². The molecule has 0 atom stereocenters. The van der Waals surface area contributed by atoms with Crippen LogP contribution < -0.4 is 5.32 Å².